The molecule has 0 saturated carbocycles. The number of alkyl halides is 1. The number of fused-ring (bicyclic) bond motifs is 1. The molecule has 0 radical (unpaired) electrons. The van der Waals surface area contributed by atoms with Crippen LogP contribution in [0.25, 0.3) is 11.0 Å². The first-order valence-electron chi connectivity index (χ1n) is 6.98. The van der Waals surface area contributed by atoms with Gasteiger partial charge in [0.2, 0.25) is 11.8 Å². The molecule has 5 nitrogen and oxygen atoms in total. The molecular formula is C15H16ClN3O2. The molecule has 2 aromatic rings. The summed E-state index contributed by atoms with van der Waals surface area (Å²) < 4.78 is 1.94. The van der Waals surface area contributed by atoms with Crippen molar-refractivity contribution in [2.24, 2.45) is 0 Å². The van der Waals surface area contributed by atoms with Gasteiger partial charge in [-0.1, -0.05) is 12.1 Å². The molecule has 1 atom stereocenters. The third-order valence-corrected chi connectivity index (χ3v) is 4.02. The van der Waals surface area contributed by atoms with Crippen LogP contribution < -0.4 is 5.32 Å². The van der Waals surface area contributed by atoms with Gasteiger partial charge in [-0.15, -0.1) is 11.6 Å². The Bertz CT molecular complexity index is 723. The number of halogens is 1. The van der Waals surface area contributed by atoms with Gasteiger partial charge >= 0.3 is 0 Å². The van der Waals surface area contributed by atoms with E-state index in [1.165, 1.54) is 0 Å². The molecule has 6 heteroatoms. The van der Waals surface area contributed by atoms with E-state index in [4.69, 9.17) is 11.6 Å². The molecule has 110 valence electrons. The zero-order valence-corrected chi connectivity index (χ0v) is 12.5. The number of amides is 2. The summed E-state index contributed by atoms with van der Waals surface area (Å²) >= 11 is 5.87. The van der Waals surface area contributed by atoms with Gasteiger partial charge < -0.3 is 4.57 Å². The molecule has 2 heterocycles. The number of benzene rings is 1. The maximum absolute atomic E-state index is 12.2. The summed E-state index contributed by atoms with van der Waals surface area (Å²) in [6.07, 6.45) is 1.44. The second-order valence-corrected chi connectivity index (χ2v) is 5.62. The SMILES string of the molecule is Cc1cccc2c1nc(CCCl)n2C1CCC(=O)NC1=O. The number of piperidine rings is 1. The highest BCUT2D eigenvalue weighted by molar-refractivity contribution is 6.18. The van der Waals surface area contributed by atoms with E-state index in [0.717, 1.165) is 22.4 Å². The van der Waals surface area contributed by atoms with E-state index < -0.39 is 6.04 Å². The van der Waals surface area contributed by atoms with Gasteiger partial charge in [-0.25, -0.2) is 4.98 Å². The van der Waals surface area contributed by atoms with Crippen LogP contribution in [-0.4, -0.2) is 27.2 Å². The fraction of sp³-hybridized carbons (Fsp3) is 0.400. The quantitative estimate of drug-likeness (QED) is 0.698. The summed E-state index contributed by atoms with van der Waals surface area (Å²) in [5, 5.41) is 2.41. The first-order chi connectivity index (χ1) is 10.1. The monoisotopic (exact) mass is 305 g/mol. The summed E-state index contributed by atoms with van der Waals surface area (Å²) in [4.78, 5) is 28.2. The van der Waals surface area contributed by atoms with Gasteiger partial charge in [0.05, 0.1) is 11.0 Å². The summed E-state index contributed by atoms with van der Waals surface area (Å²) in [7, 11) is 0. The standard InChI is InChI=1S/C15H16ClN3O2/c1-9-3-2-4-10-14(9)17-12(7-8-16)19(10)11-5-6-13(20)18-15(11)21/h2-4,11H,5-8H2,1H3,(H,18,20,21). The van der Waals surface area contributed by atoms with Crippen LogP contribution in [0.2, 0.25) is 0 Å². The normalized spacial score (nSPS) is 19.0. The molecule has 3 rings (SSSR count). The Morgan fingerprint density at radius 1 is 1.43 bits per heavy atom. The van der Waals surface area contributed by atoms with Crippen molar-refractivity contribution in [3.05, 3.63) is 29.6 Å². The number of carbonyl (C=O) groups excluding carboxylic acids is 2. The van der Waals surface area contributed by atoms with Crippen molar-refractivity contribution in [3.8, 4) is 0 Å². The van der Waals surface area contributed by atoms with Crippen LogP contribution in [0.1, 0.15) is 30.3 Å². The lowest BCUT2D eigenvalue weighted by molar-refractivity contribution is -0.135. The maximum Gasteiger partial charge on any atom is 0.249 e. The van der Waals surface area contributed by atoms with Gasteiger partial charge in [0.1, 0.15) is 11.9 Å². The van der Waals surface area contributed by atoms with E-state index >= 15 is 0 Å². The second-order valence-electron chi connectivity index (χ2n) is 5.25. The van der Waals surface area contributed by atoms with Crippen molar-refractivity contribution in [3.63, 3.8) is 0 Å². The number of hydrogen-bond acceptors (Lipinski definition) is 3. The van der Waals surface area contributed by atoms with E-state index in [-0.39, 0.29) is 11.8 Å². The predicted molar refractivity (Wildman–Crippen MR) is 80.3 cm³/mol. The first-order valence-corrected chi connectivity index (χ1v) is 7.51. The van der Waals surface area contributed by atoms with Gasteiger partial charge in [-0.3, -0.25) is 14.9 Å². The number of aromatic nitrogens is 2. The van der Waals surface area contributed by atoms with Gasteiger partial charge in [0.15, 0.2) is 0 Å². The zero-order chi connectivity index (χ0) is 15.0. The topological polar surface area (TPSA) is 64.0 Å². The lowest BCUT2D eigenvalue weighted by Crippen LogP contribution is -2.42. The Morgan fingerprint density at radius 2 is 2.24 bits per heavy atom. The molecule has 0 spiro atoms. The van der Waals surface area contributed by atoms with Crippen LogP contribution in [0, 0.1) is 6.92 Å². The minimum atomic E-state index is -0.396. The fourth-order valence-corrected chi connectivity index (χ4v) is 3.01. The Hall–Kier alpha value is -1.88. The van der Waals surface area contributed by atoms with Crippen molar-refractivity contribution in [1.82, 2.24) is 14.9 Å². The van der Waals surface area contributed by atoms with Crippen molar-refractivity contribution < 1.29 is 9.59 Å². The third-order valence-electron chi connectivity index (χ3n) is 3.83. The highest BCUT2D eigenvalue weighted by atomic mass is 35.5. The fourth-order valence-electron chi connectivity index (χ4n) is 2.84. The van der Waals surface area contributed by atoms with Crippen LogP contribution >= 0.6 is 11.6 Å². The van der Waals surface area contributed by atoms with E-state index in [2.05, 4.69) is 10.3 Å². The Balaban J connectivity index is 2.15. The average molecular weight is 306 g/mol. The number of imide groups is 1. The number of imidazole rings is 1. The number of rotatable bonds is 3. The molecule has 1 aromatic heterocycles. The Morgan fingerprint density at radius 3 is 2.95 bits per heavy atom. The molecule has 1 aliphatic rings. The smallest absolute Gasteiger partial charge is 0.249 e. The summed E-state index contributed by atoms with van der Waals surface area (Å²) in [5.74, 6) is 0.762. The van der Waals surface area contributed by atoms with Crippen molar-refractivity contribution in [2.75, 3.05) is 5.88 Å². The van der Waals surface area contributed by atoms with E-state index in [1.54, 1.807) is 0 Å². The minimum Gasteiger partial charge on any atom is -0.315 e. The number of para-hydroxylation sites is 1. The third kappa shape index (κ3) is 2.42. The van der Waals surface area contributed by atoms with Gasteiger partial charge in [-0.05, 0) is 25.0 Å². The molecule has 21 heavy (non-hydrogen) atoms. The van der Waals surface area contributed by atoms with Crippen LogP contribution in [-0.2, 0) is 16.0 Å². The molecule has 1 saturated heterocycles. The molecule has 1 aliphatic heterocycles. The lowest BCUT2D eigenvalue weighted by atomic mass is 10.1. The summed E-state index contributed by atoms with van der Waals surface area (Å²) in [6, 6.07) is 5.50. The number of carbonyl (C=O) groups is 2. The van der Waals surface area contributed by atoms with Crippen LogP contribution in [0.3, 0.4) is 0 Å². The van der Waals surface area contributed by atoms with Crippen molar-refractivity contribution in [2.45, 2.75) is 32.2 Å². The van der Waals surface area contributed by atoms with Gasteiger partial charge in [-0.2, -0.15) is 0 Å². The van der Waals surface area contributed by atoms with Crippen LogP contribution in [0.15, 0.2) is 18.2 Å². The van der Waals surface area contributed by atoms with E-state index in [1.807, 2.05) is 29.7 Å². The van der Waals surface area contributed by atoms with Crippen LogP contribution in [0.5, 0.6) is 0 Å². The average Bonchev–Trinajstić information content (AvgIpc) is 2.79. The number of nitrogens with zero attached hydrogens (tertiary/aromatic N) is 2. The van der Waals surface area contributed by atoms with Gasteiger partial charge in [0, 0.05) is 18.7 Å². The highest BCUT2D eigenvalue weighted by Crippen LogP contribution is 2.28. The molecular weight excluding hydrogens is 290 g/mol. The number of nitrogens with one attached hydrogen (secondary N) is 1. The molecule has 2 amide bonds. The van der Waals surface area contributed by atoms with Gasteiger partial charge in [0.25, 0.3) is 0 Å². The summed E-state index contributed by atoms with van der Waals surface area (Å²) in [6.45, 7) is 1.99. The number of hydrogen-bond donors (Lipinski definition) is 1. The van der Waals surface area contributed by atoms with Crippen molar-refractivity contribution in [1.29, 1.82) is 0 Å². The minimum absolute atomic E-state index is 0.212. The summed E-state index contributed by atoms with van der Waals surface area (Å²) in [5.41, 5.74) is 2.88. The molecule has 1 fully saturated rings. The molecule has 1 N–H and O–H groups in total. The Labute approximate surface area is 127 Å². The first kappa shape index (κ1) is 14.1. The predicted octanol–water partition coefficient (Wildman–Crippen LogP) is 2.10. The molecule has 0 bridgehead atoms. The second kappa shape index (κ2) is 5.48. The molecule has 1 unspecified atom stereocenters. The van der Waals surface area contributed by atoms with E-state index in [9.17, 15) is 9.59 Å². The van der Waals surface area contributed by atoms with Crippen molar-refractivity contribution >= 4 is 34.4 Å². The Kier molecular flexibility index (Phi) is 3.68. The number of aryl methyl sites for hydroxylation is 2. The highest BCUT2D eigenvalue weighted by Gasteiger charge is 2.31. The largest absolute Gasteiger partial charge is 0.315 e. The molecule has 1 aromatic carbocycles. The molecule has 0 aliphatic carbocycles. The van der Waals surface area contributed by atoms with E-state index in [0.29, 0.717) is 25.1 Å². The lowest BCUT2D eigenvalue weighted by Gasteiger charge is -2.24. The van der Waals surface area contributed by atoms with Crippen LogP contribution in [0.4, 0.5) is 0 Å². The maximum atomic E-state index is 12.2. The zero-order valence-electron chi connectivity index (χ0n) is 11.7.